The summed E-state index contributed by atoms with van der Waals surface area (Å²) in [5.74, 6) is 0.854. The zero-order valence-corrected chi connectivity index (χ0v) is 11.9. The van der Waals surface area contributed by atoms with Crippen molar-refractivity contribution in [3.8, 4) is 0 Å². The highest BCUT2D eigenvalue weighted by Crippen LogP contribution is 2.30. The molecule has 0 N–H and O–H groups in total. The average Bonchev–Trinajstić information content (AvgIpc) is 2.41. The Hall–Kier alpha value is -0.480. The van der Waals surface area contributed by atoms with Crippen LogP contribution in [0.1, 0.15) is 27.2 Å². The van der Waals surface area contributed by atoms with Crippen molar-refractivity contribution < 1.29 is 9.53 Å². The van der Waals surface area contributed by atoms with Crippen LogP contribution in [-0.4, -0.2) is 47.6 Å². The van der Waals surface area contributed by atoms with E-state index in [1.165, 1.54) is 0 Å². The second-order valence-corrected chi connectivity index (χ2v) is 6.76. The molecule has 0 aromatic rings. The number of ether oxygens (including phenoxy) is 1. The first-order valence-electron chi connectivity index (χ1n) is 6.16. The van der Waals surface area contributed by atoms with Gasteiger partial charge in [-0.25, -0.2) is 4.79 Å². The number of hydrogen-bond acceptors (Lipinski definition) is 4. The van der Waals surface area contributed by atoms with Crippen molar-refractivity contribution in [2.45, 2.75) is 31.9 Å². The van der Waals surface area contributed by atoms with E-state index >= 15 is 0 Å². The van der Waals surface area contributed by atoms with Crippen LogP contribution >= 0.6 is 11.8 Å². The van der Waals surface area contributed by atoms with Gasteiger partial charge in [-0.1, -0.05) is 20.4 Å². The van der Waals surface area contributed by atoms with E-state index in [1.54, 1.807) is 0 Å². The topological polar surface area (TPSA) is 29.5 Å². The molecule has 3 nitrogen and oxygen atoms in total. The fourth-order valence-electron chi connectivity index (χ4n) is 1.79. The molecule has 4 heteroatoms. The molecule has 0 aromatic carbocycles. The predicted molar refractivity (Wildman–Crippen MR) is 73.4 cm³/mol. The van der Waals surface area contributed by atoms with Gasteiger partial charge in [0.2, 0.25) is 0 Å². The molecule has 0 unspecified atom stereocenters. The molecule has 0 saturated carbocycles. The van der Waals surface area contributed by atoms with Crippen LogP contribution in [0, 0.1) is 0 Å². The molecule has 0 spiro atoms. The van der Waals surface area contributed by atoms with Crippen molar-refractivity contribution >= 4 is 17.7 Å². The zero-order chi connectivity index (χ0) is 12.9. The summed E-state index contributed by atoms with van der Waals surface area (Å²) in [5.41, 5.74) is 0.566. The Morgan fingerprint density at radius 3 is 2.82 bits per heavy atom. The lowest BCUT2D eigenvalue weighted by Crippen LogP contribution is -2.31. The lowest BCUT2D eigenvalue weighted by atomic mass is 10.1. The maximum atomic E-state index is 11.5. The van der Waals surface area contributed by atoms with Gasteiger partial charge in [-0.05, 0) is 19.9 Å². The van der Waals surface area contributed by atoms with Gasteiger partial charge in [-0.3, -0.25) is 4.90 Å². The highest BCUT2D eigenvalue weighted by atomic mass is 32.2. The Labute approximate surface area is 109 Å². The van der Waals surface area contributed by atoms with Crippen LogP contribution < -0.4 is 0 Å². The van der Waals surface area contributed by atoms with Crippen LogP contribution in [0.25, 0.3) is 0 Å². The molecule has 1 aliphatic heterocycles. The number of rotatable bonds is 4. The number of esters is 1. The Morgan fingerprint density at radius 2 is 2.18 bits per heavy atom. The first-order valence-corrected chi connectivity index (χ1v) is 7.14. The van der Waals surface area contributed by atoms with Crippen LogP contribution in [0.15, 0.2) is 12.2 Å². The number of carbonyl (C=O) groups is 1. The molecule has 1 rings (SSSR count). The van der Waals surface area contributed by atoms with Crippen LogP contribution in [0.4, 0.5) is 0 Å². The summed E-state index contributed by atoms with van der Waals surface area (Å²) < 4.78 is 5.29. The Morgan fingerprint density at radius 1 is 1.47 bits per heavy atom. The van der Waals surface area contributed by atoms with E-state index in [1.807, 2.05) is 18.7 Å². The van der Waals surface area contributed by atoms with E-state index in [-0.39, 0.29) is 5.97 Å². The van der Waals surface area contributed by atoms with E-state index in [9.17, 15) is 4.79 Å². The summed E-state index contributed by atoms with van der Waals surface area (Å²) in [6.45, 7) is 13.3. The SMILES string of the molecule is C=C(CN1CCSC(C)(C)CC1)C(=O)OCC. The lowest BCUT2D eigenvalue weighted by Gasteiger charge is -2.22. The molecular formula is C13H23NO2S. The quantitative estimate of drug-likeness (QED) is 0.571. The molecule has 17 heavy (non-hydrogen) atoms. The predicted octanol–water partition coefficient (Wildman–Crippen LogP) is 2.32. The minimum absolute atomic E-state index is 0.260. The van der Waals surface area contributed by atoms with Crippen LogP contribution in [0.2, 0.25) is 0 Å². The summed E-state index contributed by atoms with van der Waals surface area (Å²) in [4.78, 5) is 13.8. The van der Waals surface area contributed by atoms with Gasteiger partial charge < -0.3 is 4.74 Å². The highest BCUT2D eigenvalue weighted by Gasteiger charge is 2.24. The molecule has 0 aromatic heterocycles. The Kier molecular flexibility index (Phi) is 5.53. The minimum atomic E-state index is -0.260. The second kappa shape index (κ2) is 6.45. The fourth-order valence-corrected chi connectivity index (χ4v) is 2.93. The van der Waals surface area contributed by atoms with Crippen molar-refractivity contribution in [1.29, 1.82) is 0 Å². The van der Waals surface area contributed by atoms with Crippen molar-refractivity contribution in [3.05, 3.63) is 12.2 Å². The number of thioether (sulfide) groups is 1. The van der Waals surface area contributed by atoms with Crippen molar-refractivity contribution in [2.75, 3.05) is 32.0 Å². The van der Waals surface area contributed by atoms with E-state index in [0.29, 0.717) is 23.5 Å². The third-order valence-electron chi connectivity index (χ3n) is 2.91. The molecule has 0 aliphatic carbocycles. The summed E-state index contributed by atoms with van der Waals surface area (Å²) in [6, 6.07) is 0. The molecule has 0 atom stereocenters. The van der Waals surface area contributed by atoms with Crippen molar-refractivity contribution in [2.24, 2.45) is 0 Å². The molecular weight excluding hydrogens is 234 g/mol. The number of hydrogen-bond donors (Lipinski definition) is 0. The van der Waals surface area contributed by atoms with Gasteiger partial charge in [-0.2, -0.15) is 11.8 Å². The van der Waals surface area contributed by atoms with Gasteiger partial charge in [0.05, 0.1) is 6.61 Å². The Bertz CT molecular complexity index is 289. The van der Waals surface area contributed by atoms with E-state index in [0.717, 1.165) is 25.3 Å². The van der Waals surface area contributed by atoms with E-state index in [2.05, 4.69) is 25.3 Å². The summed E-state index contributed by atoms with van der Waals surface area (Å²) in [6.07, 6.45) is 1.15. The summed E-state index contributed by atoms with van der Waals surface area (Å²) >= 11 is 2.00. The summed E-state index contributed by atoms with van der Waals surface area (Å²) in [7, 11) is 0. The molecule has 1 aliphatic rings. The maximum absolute atomic E-state index is 11.5. The largest absolute Gasteiger partial charge is 0.463 e. The fraction of sp³-hybridized carbons (Fsp3) is 0.769. The van der Waals surface area contributed by atoms with Gasteiger partial charge in [0.25, 0.3) is 0 Å². The molecule has 1 heterocycles. The van der Waals surface area contributed by atoms with Crippen LogP contribution in [0.3, 0.4) is 0 Å². The molecule has 98 valence electrons. The van der Waals surface area contributed by atoms with E-state index in [4.69, 9.17) is 4.74 Å². The average molecular weight is 257 g/mol. The van der Waals surface area contributed by atoms with Gasteiger partial charge in [-0.15, -0.1) is 0 Å². The van der Waals surface area contributed by atoms with Gasteiger partial charge in [0, 0.05) is 29.2 Å². The lowest BCUT2D eigenvalue weighted by molar-refractivity contribution is -0.138. The zero-order valence-electron chi connectivity index (χ0n) is 11.1. The third-order valence-corrected chi connectivity index (χ3v) is 4.28. The Balaban J connectivity index is 2.41. The molecule has 1 fully saturated rings. The number of nitrogens with zero attached hydrogens (tertiary/aromatic N) is 1. The molecule has 0 bridgehead atoms. The smallest absolute Gasteiger partial charge is 0.334 e. The first kappa shape index (κ1) is 14.6. The normalized spacial score (nSPS) is 20.6. The maximum Gasteiger partial charge on any atom is 0.334 e. The molecule has 0 amide bonds. The van der Waals surface area contributed by atoms with Crippen molar-refractivity contribution in [3.63, 3.8) is 0 Å². The van der Waals surface area contributed by atoms with Gasteiger partial charge in [0.15, 0.2) is 0 Å². The van der Waals surface area contributed by atoms with Gasteiger partial charge in [0.1, 0.15) is 0 Å². The highest BCUT2D eigenvalue weighted by molar-refractivity contribution is 8.00. The molecule has 1 saturated heterocycles. The van der Waals surface area contributed by atoms with Crippen molar-refractivity contribution in [1.82, 2.24) is 4.90 Å². The van der Waals surface area contributed by atoms with Crippen LogP contribution in [0.5, 0.6) is 0 Å². The van der Waals surface area contributed by atoms with Crippen LogP contribution in [-0.2, 0) is 9.53 Å². The minimum Gasteiger partial charge on any atom is -0.463 e. The van der Waals surface area contributed by atoms with Gasteiger partial charge >= 0.3 is 5.97 Å². The monoisotopic (exact) mass is 257 g/mol. The number of carbonyl (C=O) groups excluding carboxylic acids is 1. The van der Waals surface area contributed by atoms with E-state index < -0.39 is 0 Å². The standard InChI is InChI=1S/C13H23NO2S/c1-5-16-12(15)11(2)10-14-7-6-13(3,4)17-9-8-14/h2,5-10H2,1,3-4H3. The summed E-state index contributed by atoms with van der Waals surface area (Å²) in [5, 5.41) is 0. The molecule has 0 radical (unpaired) electrons. The second-order valence-electron chi connectivity index (χ2n) is 4.96. The first-order chi connectivity index (χ1) is 7.94. The third kappa shape index (κ3) is 5.13.